The quantitative estimate of drug-likeness (QED) is 0.284. The van der Waals surface area contributed by atoms with E-state index in [-0.39, 0.29) is 0 Å². The van der Waals surface area contributed by atoms with Crippen molar-refractivity contribution in [2.24, 2.45) is 16.8 Å². The highest BCUT2D eigenvalue weighted by Crippen LogP contribution is 2.37. The normalized spacial score (nSPS) is 14.3. The highest BCUT2D eigenvalue weighted by atomic mass is 15.1. The van der Waals surface area contributed by atoms with Gasteiger partial charge in [0.25, 0.3) is 0 Å². The van der Waals surface area contributed by atoms with E-state index >= 15 is 0 Å². The van der Waals surface area contributed by atoms with Gasteiger partial charge in [-0.2, -0.15) is 0 Å². The molecule has 0 saturated heterocycles. The minimum absolute atomic E-state index is 0.658. The summed E-state index contributed by atoms with van der Waals surface area (Å²) in [6.45, 7) is 17.7. The van der Waals surface area contributed by atoms with Crippen LogP contribution in [0.25, 0.3) is 0 Å². The Morgan fingerprint density at radius 3 is 2.52 bits per heavy atom. The monoisotopic (exact) mass is 412 g/mol. The average molecular weight is 413 g/mol. The Morgan fingerprint density at radius 1 is 1.16 bits per heavy atom. The second-order valence-electron chi connectivity index (χ2n) is 9.02. The van der Waals surface area contributed by atoms with E-state index < -0.39 is 0 Å². The summed E-state index contributed by atoms with van der Waals surface area (Å²) in [7, 11) is 0. The van der Waals surface area contributed by atoms with Crippen LogP contribution in [0, 0.1) is 18.8 Å². The first-order valence-corrected chi connectivity index (χ1v) is 11.4. The Morgan fingerprint density at radius 2 is 1.90 bits per heavy atom. The van der Waals surface area contributed by atoms with Crippen molar-refractivity contribution in [3.8, 4) is 0 Å². The van der Waals surface area contributed by atoms with Gasteiger partial charge in [-0.3, -0.25) is 4.99 Å². The third kappa shape index (κ3) is 6.30. The second kappa shape index (κ2) is 10.4. The molecule has 1 aliphatic carbocycles. The zero-order valence-corrected chi connectivity index (χ0v) is 19.6. The third-order valence-electron chi connectivity index (χ3n) is 5.76. The van der Waals surface area contributed by atoms with Crippen LogP contribution >= 0.6 is 0 Å². The summed E-state index contributed by atoms with van der Waals surface area (Å²) >= 11 is 0. The van der Waals surface area contributed by atoms with Crippen LogP contribution in [0.3, 0.4) is 0 Å². The topological polar surface area (TPSA) is 15.6 Å². The van der Waals surface area contributed by atoms with E-state index in [0.717, 1.165) is 35.7 Å². The molecule has 0 bridgehead atoms. The first kappa shape index (κ1) is 22.8. The zero-order chi connectivity index (χ0) is 22.4. The Labute approximate surface area is 188 Å². The largest absolute Gasteiger partial charge is 0.341 e. The lowest BCUT2D eigenvalue weighted by Gasteiger charge is -2.26. The maximum absolute atomic E-state index is 4.68. The lowest BCUT2D eigenvalue weighted by molar-refractivity contribution is 0.647. The molecule has 2 nitrogen and oxygen atoms in total. The summed E-state index contributed by atoms with van der Waals surface area (Å²) in [4.78, 5) is 7.17. The van der Waals surface area contributed by atoms with E-state index in [2.05, 4.69) is 86.3 Å². The van der Waals surface area contributed by atoms with Crippen molar-refractivity contribution in [1.82, 2.24) is 0 Å². The molecule has 2 aromatic carbocycles. The molecule has 0 aliphatic heterocycles. The van der Waals surface area contributed by atoms with Crippen molar-refractivity contribution in [1.29, 1.82) is 0 Å². The fourth-order valence-corrected chi connectivity index (χ4v) is 3.85. The molecule has 1 saturated carbocycles. The van der Waals surface area contributed by atoms with Gasteiger partial charge in [-0.05, 0) is 97.6 Å². The van der Waals surface area contributed by atoms with Crippen molar-refractivity contribution in [2.75, 3.05) is 11.4 Å². The van der Waals surface area contributed by atoms with Gasteiger partial charge in [0, 0.05) is 24.1 Å². The fraction of sp³-hybridized carbons (Fsp3) is 0.345. The van der Waals surface area contributed by atoms with Crippen LogP contribution in [0.4, 0.5) is 17.1 Å². The number of nitrogens with zero attached hydrogens (tertiary/aromatic N) is 2. The van der Waals surface area contributed by atoms with Gasteiger partial charge in [0.15, 0.2) is 0 Å². The van der Waals surface area contributed by atoms with E-state index in [1.807, 2.05) is 25.3 Å². The Balaban J connectivity index is 1.87. The molecule has 0 radical (unpaired) electrons. The number of aryl methyl sites for hydroxylation is 1. The van der Waals surface area contributed by atoms with Crippen LogP contribution in [0.15, 0.2) is 83.9 Å². The minimum atomic E-state index is 0.658. The van der Waals surface area contributed by atoms with Crippen LogP contribution in [-0.4, -0.2) is 12.8 Å². The summed E-state index contributed by atoms with van der Waals surface area (Å²) in [5.41, 5.74) is 7.97. The summed E-state index contributed by atoms with van der Waals surface area (Å²) in [5, 5.41) is 0. The highest BCUT2D eigenvalue weighted by molar-refractivity contribution is 5.87. The van der Waals surface area contributed by atoms with Gasteiger partial charge in [-0.1, -0.05) is 51.3 Å². The van der Waals surface area contributed by atoms with Crippen molar-refractivity contribution < 1.29 is 0 Å². The van der Waals surface area contributed by atoms with E-state index in [9.17, 15) is 0 Å². The Hall–Kier alpha value is -2.87. The predicted molar refractivity (Wildman–Crippen MR) is 137 cm³/mol. The molecule has 0 aromatic heterocycles. The van der Waals surface area contributed by atoms with Gasteiger partial charge in [0.1, 0.15) is 0 Å². The number of rotatable bonds is 10. The number of hydrogen-bond acceptors (Lipinski definition) is 2. The molecule has 0 unspecified atom stereocenters. The van der Waals surface area contributed by atoms with Crippen LogP contribution in [0.2, 0.25) is 0 Å². The zero-order valence-electron chi connectivity index (χ0n) is 19.6. The SMILES string of the molecule is C=C/C(=C\C)C(=C)/C=N\c1ccc(N(CC2CC2)c2cccc(CC(C)C)c2)cc1C. The Bertz CT molecular complexity index is 990. The van der Waals surface area contributed by atoms with E-state index in [1.54, 1.807) is 0 Å². The molecule has 2 aromatic rings. The average Bonchev–Trinajstić information content (AvgIpc) is 3.56. The predicted octanol–water partition coefficient (Wildman–Crippen LogP) is 8.13. The first-order chi connectivity index (χ1) is 14.9. The van der Waals surface area contributed by atoms with Crippen molar-refractivity contribution in [3.05, 3.63) is 90.0 Å². The van der Waals surface area contributed by atoms with Gasteiger partial charge in [0.05, 0.1) is 5.69 Å². The molecule has 0 amide bonds. The van der Waals surface area contributed by atoms with E-state index in [0.29, 0.717) is 5.92 Å². The number of hydrogen-bond donors (Lipinski definition) is 0. The number of benzene rings is 2. The molecule has 0 heterocycles. The lowest BCUT2D eigenvalue weighted by Crippen LogP contribution is -2.20. The number of allylic oxidation sites excluding steroid dienone is 4. The molecule has 162 valence electrons. The van der Waals surface area contributed by atoms with Crippen molar-refractivity contribution in [2.45, 2.75) is 47.0 Å². The van der Waals surface area contributed by atoms with Crippen molar-refractivity contribution in [3.63, 3.8) is 0 Å². The molecular formula is C29H36N2. The maximum Gasteiger partial charge on any atom is 0.0660 e. The fourth-order valence-electron chi connectivity index (χ4n) is 3.85. The van der Waals surface area contributed by atoms with E-state index in [4.69, 9.17) is 0 Å². The number of anilines is 2. The molecule has 3 rings (SSSR count). The standard InChI is InChI=1S/C29H36N2/c1-7-26(8-2)23(6)19-30-29-15-14-28(17-22(29)5)31(20-24-12-13-24)27-11-9-10-25(18-27)16-21(3)4/h7-11,14-15,17-19,21,24H,1,6,12-13,16,20H2,2-5H3/b26-8+,30-19-. The van der Waals surface area contributed by atoms with Gasteiger partial charge in [-0.15, -0.1) is 0 Å². The van der Waals surface area contributed by atoms with Crippen LogP contribution < -0.4 is 4.90 Å². The van der Waals surface area contributed by atoms with Crippen LogP contribution in [-0.2, 0) is 6.42 Å². The molecule has 0 atom stereocenters. The number of aliphatic imine (C=N–C) groups is 1. The van der Waals surface area contributed by atoms with Crippen molar-refractivity contribution >= 4 is 23.3 Å². The molecule has 2 heteroatoms. The minimum Gasteiger partial charge on any atom is -0.341 e. The molecular weight excluding hydrogens is 376 g/mol. The summed E-state index contributed by atoms with van der Waals surface area (Å²) in [6, 6.07) is 15.6. The summed E-state index contributed by atoms with van der Waals surface area (Å²) in [6.07, 6.45) is 9.43. The first-order valence-electron chi connectivity index (χ1n) is 11.4. The van der Waals surface area contributed by atoms with E-state index in [1.165, 1.54) is 35.3 Å². The van der Waals surface area contributed by atoms with Gasteiger partial charge < -0.3 is 4.90 Å². The smallest absolute Gasteiger partial charge is 0.0660 e. The van der Waals surface area contributed by atoms with Gasteiger partial charge in [0.2, 0.25) is 0 Å². The highest BCUT2D eigenvalue weighted by Gasteiger charge is 2.25. The van der Waals surface area contributed by atoms with Gasteiger partial charge >= 0.3 is 0 Å². The molecule has 31 heavy (non-hydrogen) atoms. The molecule has 1 aliphatic rings. The second-order valence-corrected chi connectivity index (χ2v) is 9.02. The molecule has 0 spiro atoms. The van der Waals surface area contributed by atoms with Crippen LogP contribution in [0.1, 0.15) is 44.7 Å². The van der Waals surface area contributed by atoms with Gasteiger partial charge in [-0.25, -0.2) is 0 Å². The summed E-state index contributed by atoms with van der Waals surface area (Å²) < 4.78 is 0. The molecule has 0 N–H and O–H groups in total. The molecule has 1 fully saturated rings. The Kier molecular flexibility index (Phi) is 7.68. The summed E-state index contributed by atoms with van der Waals surface area (Å²) in [5.74, 6) is 1.46. The maximum atomic E-state index is 4.68. The lowest BCUT2D eigenvalue weighted by atomic mass is 10.0. The third-order valence-corrected chi connectivity index (χ3v) is 5.76. The van der Waals surface area contributed by atoms with Crippen LogP contribution in [0.5, 0.6) is 0 Å².